The molecular weight excluding hydrogens is 245 g/mol. The van der Waals surface area contributed by atoms with Crippen LogP contribution < -0.4 is 0 Å². The number of hydrogen-bond donors (Lipinski definition) is 1. The summed E-state index contributed by atoms with van der Waals surface area (Å²) < 4.78 is 39.1. The maximum Gasteiger partial charge on any atom is 0.434 e. The van der Waals surface area contributed by atoms with Gasteiger partial charge in [0.05, 0.1) is 6.61 Å². The van der Waals surface area contributed by atoms with Crippen LogP contribution in [0.1, 0.15) is 16.8 Å². The Morgan fingerprint density at radius 3 is 2.78 bits per heavy atom. The molecule has 18 heavy (non-hydrogen) atoms. The molecule has 0 atom stereocenters. The SMILES string of the molecule is OCc1ccc2c(c1)Cn1cc(C(F)(F)F)nc1-2. The molecule has 2 heterocycles. The van der Waals surface area contributed by atoms with Gasteiger partial charge in [0, 0.05) is 18.3 Å². The van der Waals surface area contributed by atoms with Crippen LogP contribution in [0.15, 0.2) is 24.4 Å². The van der Waals surface area contributed by atoms with Crippen molar-refractivity contribution in [1.29, 1.82) is 0 Å². The van der Waals surface area contributed by atoms with E-state index < -0.39 is 11.9 Å². The number of benzene rings is 1. The molecular formula is C12H9F3N2O. The minimum atomic E-state index is -4.41. The molecule has 1 aromatic heterocycles. The molecule has 0 fully saturated rings. The van der Waals surface area contributed by atoms with Crippen LogP contribution in [0.4, 0.5) is 13.2 Å². The fourth-order valence-corrected chi connectivity index (χ4v) is 2.17. The summed E-state index contributed by atoms with van der Waals surface area (Å²) in [5.74, 6) is 0.335. The number of aliphatic hydroxyl groups excluding tert-OH is 1. The zero-order valence-corrected chi connectivity index (χ0v) is 9.20. The molecule has 1 aromatic carbocycles. The van der Waals surface area contributed by atoms with Crippen molar-refractivity contribution in [3.8, 4) is 11.4 Å². The molecule has 1 aliphatic heterocycles. The maximum atomic E-state index is 12.5. The average Bonchev–Trinajstić information content (AvgIpc) is 2.84. The standard InChI is InChI=1S/C12H9F3N2O/c13-12(14,15)10-5-17-4-8-3-7(6-18)1-2-9(8)11(17)16-10/h1-3,5,18H,4,6H2. The summed E-state index contributed by atoms with van der Waals surface area (Å²) in [5.41, 5.74) is 1.46. The van der Waals surface area contributed by atoms with Gasteiger partial charge in [-0.25, -0.2) is 4.98 Å². The number of aromatic nitrogens is 2. The van der Waals surface area contributed by atoms with Gasteiger partial charge in [-0.1, -0.05) is 18.2 Å². The van der Waals surface area contributed by atoms with Crippen LogP contribution in [0.3, 0.4) is 0 Å². The van der Waals surface area contributed by atoms with Crippen LogP contribution >= 0.6 is 0 Å². The van der Waals surface area contributed by atoms with E-state index in [4.69, 9.17) is 5.11 Å². The number of imidazole rings is 1. The minimum absolute atomic E-state index is 0.0800. The zero-order chi connectivity index (χ0) is 12.9. The molecule has 3 rings (SSSR count). The summed E-state index contributed by atoms with van der Waals surface area (Å²) in [7, 11) is 0. The van der Waals surface area contributed by atoms with Crippen molar-refractivity contribution < 1.29 is 18.3 Å². The van der Waals surface area contributed by atoms with Crippen LogP contribution in [-0.2, 0) is 19.3 Å². The highest BCUT2D eigenvalue weighted by Gasteiger charge is 2.36. The van der Waals surface area contributed by atoms with Crippen LogP contribution in [0.2, 0.25) is 0 Å². The largest absolute Gasteiger partial charge is 0.434 e. The fraction of sp³-hybridized carbons (Fsp3) is 0.250. The van der Waals surface area contributed by atoms with Crippen molar-refractivity contribution in [1.82, 2.24) is 9.55 Å². The Balaban J connectivity index is 2.07. The Kier molecular flexibility index (Phi) is 2.25. The predicted molar refractivity (Wildman–Crippen MR) is 57.7 cm³/mol. The third-order valence-electron chi connectivity index (χ3n) is 3.00. The van der Waals surface area contributed by atoms with Crippen LogP contribution in [0.5, 0.6) is 0 Å². The molecule has 6 heteroatoms. The highest BCUT2D eigenvalue weighted by Crippen LogP contribution is 2.36. The Morgan fingerprint density at radius 1 is 1.33 bits per heavy atom. The van der Waals surface area contributed by atoms with E-state index in [0.717, 1.165) is 17.3 Å². The molecule has 0 saturated heterocycles. The third-order valence-corrected chi connectivity index (χ3v) is 3.00. The normalized spacial score (nSPS) is 13.6. The van der Waals surface area contributed by atoms with Gasteiger partial charge in [0.1, 0.15) is 5.82 Å². The Morgan fingerprint density at radius 2 is 2.11 bits per heavy atom. The molecule has 0 radical (unpaired) electrons. The second-order valence-corrected chi connectivity index (χ2v) is 4.23. The number of aliphatic hydroxyl groups is 1. The zero-order valence-electron chi connectivity index (χ0n) is 9.20. The molecule has 0 saturated carbocycles. The first-order valence-electron chi connectivity index (χ1n) is 5.36. The van der Waals surface area contributed by atoms with Crippen molar-refractivity contribution in [2.24, 2.45) is 0 Å². The fourth-order valence-electron chi connectivity index (χ4n) is 2.17. The maximum absolute atomic E-state index is 12.5. The summed E-state index contributed by atoms with van der Waals surface area (Å²) in [5, 5.41) is 9.02. The summed E-state index contributed by atoms with van der Waals surface area (Å²) in [6, 6.07) is 5.18. The second-order valence-electron chi connectivity index (χ2n) is 4.23. The molecule has 0 aliphatic carbocycles. The third kappa shape index (κ3) is 1.60. The summed E-state index contributed by atoms with van der Waals surface area (Å²) in [4.78, 5) is 3.63. The Hall–Kier alpha value is -1.82. The monoisotopic (exact) mass is 254 g/mol. The van der Waals surface area contributed by atoms with Gasteiger partial charge in [-0.15, -0.1) is 0 Å². The van der Waals surface area contributed by atoms with Crippen LogP contribution in [-0.4, -0.2) is 14.7 Å². The average molecular weight is 254 g/mol. The first-order valence-corrected chi connectivity index (χ1v) is 5.36. The number of rotatable bonds is 1. The molecule has 2 aromatic rings. The second kappa shape index (κ2) is 3.58. The van der Waals surface area contributed by atoms with Gasteiger partial charge in [0.2, 0.25) is 0 Å². The van der Waals surface area contributed by atoms with Gasteiger partial charge in [0.25, 0.3) is 0 Å². The number of hydrogen-bond acceptors (Lipinski definition) is 2. The minimum Gasteiger partial charge on any atom is -0.392 e. The van der Waals surface area contributed by atoms with Crippen molar-refractivity contribution in [3.05, 3.63) is 41.2 Å². The van der Waals surface area contributed by atoms with E-state index in [1.807, 2.05) is 0 Å². The number of alkyl halides is 3. The van der Waals surface area contributed by atoms with E-state index in [0.29, 0.717) is 17.9 Å². The van der Waals surface area contributed by atoms with E-state index in [1.54, 1.807) is 18.2 Å². The van der Waals surface area contributed by atoms with Crippen molar-refractivity contribution >= 4 is 0 Å². The molecule has 1 N–H and O–H groups in total. The van der Waals surface area contributed by atoms with Gasteiger partial charge < -0.3 is 9.67 Å². The Bertz CT molecular complexity index is 616. The topological polar surface area (TPSA) is 38.0 Å². The molecule has 0 spiro atoms. The molecule has 1 aliphatic rings. The number of nitrogens with zero attached hydrogens (tertiary/aromatic N) is 2. The first kappa shape index (κ1) is 11.3. The number of fused-ring (bicyclic) bond motifs is 3. The van der Waals surface area contributed by atoms with Gasteiger partial charge in [0.15, 0.2) is 5.69 Å². The lowest BCUT2D eigenvalue weighted by atomic mass is 10.1. The molecule has 0 bridgehead atoms. The lowest BCUT2D eigenvalue weighted by Crippen LogP contribution is -2.05. The van der Waals surface area contributed by atoms with Crippen molar-refractivity contribution in [2.75, 3.05) is 0 Å². The van der Waals surface area contributed by atoms with Gasteiger partial charge in [-0.3, -0.25) is 0 Å². The van der Waals surface area contributed by atoms with Crippen molar-refractivity contribution in [2.45, 2.75) is 19.3 Å². The molecule has 94 valence electrons. The summed E-state index contributed by atoms with van der Waals surface area (Å²) >= 11 is 0. The smallest absolute Gasteiger partial charge is 0.392 e. The van der Waals surface area contributed by atoms with Crippen LogP contribution in [0, 0.1) is 0 Å². The van der Waals surface area contributed by atoms with Gasteiger partial charge >= 0.3 is 6.18 Å². The first-order chi connectivity index (χ1) is 8.49. The highest BCUT2D eigenvalue weighted by molar-refractivity contribution is 5.65. The Labute approximate surface area is 101 Å². The van der Waals surface area contributed by atoms with Gasteiger partial charge in [-0.05, 0) is 11.1 Å². The van der Waals surface area contributed by atoms with Crippen LogP contribution in [0.25, 0.3) is 11.4 Å². The van der Waals surface area contributed by atoms with Gasteiger partial charge in [-0.2, -0.15) is 13.2 Å². The lowest BCUT2D eigenvalue weighted by Gasteiger charge is -2.03. The molecule has 0 amide bonds. The summed E-state index contributed by atoms with van der Waals surface area (Å²) in [6.07, 6.45) is -3.39. The predicted octanol–water partition coefficient (Wildman–Crippen LogP) is 2.42. The van der Waals surface area contributed by atoms with E-state index in [2.05, 4.69) is 4.98 Å². The lowest BCUT2D eigenvalue weighted by molar-refractivity contribution is -0.140. The van der Waals surface area contributed by atoms with Crippen molar-refractivity contribution in [3.63, 3.8) is 0 Å². The molecule has 0 unspecified atom stereocenters. The van der Waals surface area contributed by atoms with E-state index in [-0.39, 0.29) is 6.61 Å². The quantitative estimate of drug-likeness (QED) is 0.724. The molecule has 3 nitrogen and oxygen atoms in total. The van der Waals surface area contributed by atoms with E-state index >= 15 is 0 Å². The number of halogens is 3. The summed E-state index contributed by atoms with van der Waals surface area (Å²) in [6.45, 7) is 0.283. The van der Waals surface area contributed by atoms with E-state index in [1.165, 1.54) is 4.57 Å². The van der Waals surface area contributed by atoms with E-state index in [9.17, 15) is 13.2 Å². The highest BCUT2D eigenvalue weighted by atomic mass is 19.4.